The summed E-state index contributed by atoms with van der Waals surface area (Å²) in [5, 5.41) is 0. The van der Waals surface area contributed by atoms with Crippen LogP contribution in [0.4, 0.5) is 0 Å². The zero-order valence-corrected chi connectivity index (χ0v) is 7.80. The molecule has 0 aromatic heterocycles. The largest absolute Gasteiger partial charge is 0.379 e. The second-order valence-corrected chi connectivity index (χ2v) is 3.98. The Morgan fingerprint density at radius 3 is 2.75 bits per heavy atom. The quantitative estimate of drug-likeness (QED) is 0.680. The molecule has 0 aromatic rings. The number of hydrogen-bond donors (Lipinski definition) is 1. The van der Waals surface area contributed by atoms with E-state index in [0.717, 1.165) is 0 Å². The monoisotopic (exact) mass is 171 g/mol. The molecule has 0 saturated carbocycles. The van der Waals surface area contributed by atoms with Gasteiger partial charge >= 0.3 is 0 Å². The molecule has 0 bridgehead atoms. The Morgan fingerprint density at radius 2 is 2.33 bits per heavy atom. The van der Waals surface area contributed by atoms with E-state index in [2.05, 4.69) is 0 Å². The van der Waals surface area contributed by atoms with Crippen LogP contribution < -0.4 is 5.73 Å². The Labute approximate surface area is 73.3 Å². The molecule has 1 unspecified atom stereocenters. The van der Waals surface area contributed by atoms with Gasteiger partial charge in [0.2, 0.25) is 0 Å². The number of carbonyl (C=O) groups excluding carboxylic acids is 1. The first-order valence-corrected chi connectivity index (χ1v) is 4.44. The van der Waals surface area contributed by atoms with Crippen LogP contribution in [0.3, 0.4) is 0 Å². The van der Waals surface area contributed by atoms with Gasteiger partial charge in [-0.3, -0.25) is 4.79 Å². The predicted molar refractivity (Wildman–Crippen MR) is 46.8 cm³/mol. The molecule has 3 heteroatoms. The Balaban J connectivity index is 2.50. The van der Waals surface area contributed by atoms with Crippen molar-refractivity contribution in [2.24, 2.45) is 11.7 Å². The SMILES string of the molecule is CC(C)CC(=O)C1(N)CCOC1. The van der Waals surface area contributed by atoms with Gasteiger partial charge in [-0.2, -0.15) is 0 Å². The highest BCUT2D eigenvalue weighted by molar-refractivity contribution is 5.88. The van der Waals surface area contributed by atoms with Gasteiger partial charge in [0, 0.05) is 13.0 Å². The van der Waals surface area contributed by atoms with E-state index in [-0.39, 0.29) is 5.78 Å². The minimum absolute atomic E-state index is 0.148. The third-order valence-corrected chi connectivity index (χ3v) is 2.20. The summed E-state index contributed by atoms with van der Waals surface area (Å²) >= 11 is 0. The standard InChI is InChI=1S/C9H17NO2/c1-7(2)5-8(11)9(10)3-4-12-6-9/h7H,3-6,10H2,1-2H3. The Bertz CT molecular complexity index is 171. The molecule has 1 saturated heterocycles. The van der Waals surface area contributed by atoms with Crippen molar-refractivity contribution in [2.45, 2.75) is 32.2 Å². The summed E-state index contributed by atoms with van der Waals surface area (Å²) in [6.45, 7) is 5.08. The number of ether oxygens (including phenoxy) is 1. The van der Waals surface area contributed by atoms with E-state index in [1.165, 1.54) is 0 Å². The van der Waals surface area contributed by atoms with E-state index in [1.807, 2.05) is 13.8 Å². The average molecular weight is 171 g/mol. The molecule has 1 fully saturated rings. The van der Waals surface area contributed by atoms with Crippen LogP contribution in [-0.2, 0) is 9.53 Å². The summed E-state index contributed by atoms with van der Waals surface area (Å²) in [5.74, 6) is 0.536. The maximum Gasteiger partial charge on any atom is 0.155 e. The fourth-order valence-corrected chi connectivity index (χ4v) is 1.37. The van der Waals surface area contributed by atoms with Crippen LogP contribution in [0.15, 0.2) is 0 Å². The summed E-state index contributed by atoms with van der Waals surface area (Å²) in [7, 11) is 0. The maximum absolute atomic E-state index is 11.6. The summed E-state index contributed by atoms with van der Waals surface area (Å²) in [6.07, 6.45) is 1.25. The first kappa shape index (κ1) is 9.68. The third kappa shape index (κ3) is 2.05. The topological polar surface area (TPSA) is 52.3 Å². The van der Waals surface area contributed by atoms with Crippen LogP contribution in [0.1, 0.15) is 26.7 Å². The van der Waals surface area contributed by atoms with E-state index in [1.54, 1.807) is 0 Å². The molecule has 1 heterocycles. The summed E-state index contributed by atoms with van der Waals surface area (Å²) < 4.78 is 5.12. The van der Waals surface area contributed by atoms with Crippen molar-refractivity contribution in [1.29, 1.82) is 0 Å². The first-order valence-electron chi connectivity index (χ1n) is 4.44. The summed E-state index contributed by atoms with van der Waals surface area (Å²) in [5.41, 5.74) is 5.20. The van der Waals surface area contributed by atoms with Gasteiger partial charge in [-0.15, -0.1) is 0 Å². The number of ketones is 1. The van der Waals surface area contributed by atoms with Crippen LogP contribution in [-0.4, -0.2) is 24.5 Å². The number of Topliss-reactive ketones (excluding diaryl/α,β-unsaturated/α-hetero) is 1. The van der Waals surface area contributed by atoms with E-state index in [0.29, 0.717) is 32.0 Å². The molecule has 0 aliphatic carbocycles. The van der Waals surface area contributed by atoms with Crippen LogP contribution in [0, 0.1) is 5.92 Å². The molecular formula is C9H17NO2. The van der Waals surface area contributed by atoms with Gasteiger partial charge in [0.1, 0.15) is 5.54 Å². The fourth-order valence-electron chi connectivity index (χ4n) is 1.37. The van der Waals surface area contributed by atoms with E-state index >= 15 is 0 Å². The normalized spacial score (nSPS) is 29.7. The van der Waals surface area contributed by atoms with Crippen LogP contribution in [0.25, 0.3) is 0 Å². The van der Waals surface area contributed by atoms with E-state index in [9.17, 15) is 4.79 Å². The molecule has 1 atom stereocenters. The van der Waals surface area contributed by atoms with Crippen molar-refractivity contribution in [3.8, 4) is 0 Å². The minimum Gasteiger partial charge on any atom is -0.379 e. The predicted octanol–water partition coefficient (Wildman–Crippen LogP) is 0.719. The lowest BCUT2D eigenvalue weighted by Crippen LogP contribution is -2.48. The summed E-state index contributed by atoms with van der Waals surface area (Å²) in [4.78, 5) is 11.6. The van der Waals surface area contributed by atoms with Crippen molar-refractivity contribution in [2.75, 3.05) is 13.2 Å². The van der Waals surface area contributed by atoms with E-state index < -0.39 is 5.54 Å². The molecule has 70 valence electrons. The van der Waals surface area contributed by atoms with Gasteiger partial charge in [-0.05, 0) is 12.3 Å². The molecular weight excluding hydrogens is 154 g/mol. The lowest BCUT2D eigenvalue weighted by molar-refractivity contribution is -0.124. The van der Waals surface area contributed by atoms with Gasteiger partial charge in [0.15, 0.2) is 5.78 Å². The van der Waals surface area contributed by atoms with Crippen molar-refractivity contribution in [3.05, 3.63) is 0 Å². The van der Waals surface area contributed by atoms with Gasteiger partial charge in [0.25, 0.3) is 0 Å². The zero-order chi connectivity index (χ0) is 9.19. The lowest BCUT2D eigenvalue weighted by Gasteiger charge is -2.20. The van der Waals surface area contributed by atoms with Gasteiger partial charge in [-0.25, -0.2) is 0 Å². The molecule has 3 nitrogen and oxygen atoms in total. The van der Waals surface area contributed by atoms with Crippen molar-refractivity contribution >= 4 is 5.78 Å². The number of hydrogen-bond acceptors (Lipinski definition) is 3. The molecule has 0 aromatic carbocycles. The highest BCUT2D eigenvalue weighted by Crippen LogP contribution is 2.19. The van der Waals surface area contributed by atoms with Crippen molar-refractivity contribution in [3.63, 3.8) is 0 Å². The summed E-state index contributed by atoms with van der Waals surface area (Å²) in [6, 6.07) is 0. The van der Waals surface area contributed by atoms with Gasteiger partial charge < -0.3 is 10.5 Å². The molecule has 1 aliphatic rings. The first-order chi connectivity index (χ1) is 5.54. The van der Waals surface area contributed by atoms with Crippen LogP contribution in [0.2, 0.25) is 0 Å². The Hall–Kier alpha value is -0.410. The highest BCUT2D eigenvalue weighted by atomic mass is 16.5. The molecule has 2 N–H and O–H groups in total. The smallest absolute Gasteiger partial charge is 0.155 e. The number of rotatable bonds is 3. The Morgan fingerprint density at radius 1 is 1.67 bits per heavy atom. The van der Waals surface area contributed by atoms with Crippen LogP contribution >= 0.6 is 0 Å². The van der Waals surface area contributed by atoms with Crippen molar-refractivity contribution < 1.29 is 9.53 Å². The highest BCUT2D eigenvalue weighted by Gasteiger charge is 2.37. The molecule has 0 amide bonds. The molecule has 1 aliphatic heterocycles. The molecule has 0 spiro atoms. The van der Waals surface area contributed by atoms with Crippen molar-refractivity contribution in [1.82, 2.24) is 0 Å². The fraction of sp³-hybridized carbons (Fsp3) is 0.889. The molecule has 1 rings (SSSR count). The maximum atomic E-state index is 11.6. The second-order valence-electron chi connectivity index (χ2n) is 3.98. The molecule has 0 radical (unpaired) electrons. The second kappa shape index (κ2) is 3.54. The van der Waals surface area contributed by atoms with Crippen LogP contribution in [0.5, 0.6) is 0 Å². The van der Waals surface area contributed by atoms with Gasteiger partial charge in [0.05, 0.1) is 6.61 Å². The van der Waals surface area contributed by atoms with Gasteiger partial charge in [-0.1, -0.05) is 13.8 Å². The number of nitrogens with two attached hydrogens (primary N) is 1. The average Bonchev–Trinajstić information content (AvgIpc) is 2.36. The minimum atomic E-state index is -0.676. The molecule has 12 heavy (non-hydrogen) atoms. The Kier molecular flexibility index (Phi) is 2.85. The number of carbonyl (C=O) groups is 1. The lowest BCUT2D eigenvalue weighted by atomic mass is 9.89. The zero-order valence-electron chi connectivity index (χ0n) is 7.80. The van der Waals surface area contributed by atoms with E-state index in [4.69, 9.17) is 10.5 Å². The third-order valence-electron chi connectivity index (χ3n) is 2.20.